The van der Waals surface area contributed by atoms with E-state index in [0.29, 0.717) is 23.7 Å². The van der Waals surface area contributed by atoms with E-state index < -0.39 is 14.6 Å². The third-order valence-corrected chi connectivity index (χ3v) is 9.47. The summed E-state index contributed by atoms with van der Waals surface area (Å²) in [7, 11) is 1.16. The highest BCUT2D eigenvalue weighted by molar-refractivity contribution is 6.74. The molecule has 2 rings (SSSR count). The van der Waals surface area contributed by atoms with E-state index in [4.69, 9.17) is 18.6 Å². The first-order chi connectivity index (χ1) is 11.1. The molecule has 6 heteroatoms. The summed E-state index contributed by atoms with van der Waals surface area (Å²) in [5.41, 5.74) is 0.767. The maximum Gasteiger partial charge on any atom is 0.196 e. The number of carbonyl (C=O) groups is 1. The lowest BCUT2D eigenvalue weighted by atomic mass is 9.92. The van der Waals surface area contributed by atoms with Gasteiger partial charge in [0.15, 0.2) is 14.6 Å². The minimum absolute atomic E-state index is 0.0688. The molecule has 0 amide bonds. The first-order valence-electron chi connectivity index (χ1n) is 8.18. The van der Waals surface area contributed by atoms with Crippen LogP contribution in [0.25, 0.3) is 0 Å². The first kappa shape index (κ1) is 18.8. The fraction of sp³-hybridized carbons (Fsp3) is 0.611. The molecule has 1 aliphatic heterocycles. The summed E-state index contributed by atoms with van der Waals surface area (Å²) in [6.07, 6.45) is 0.995. The number of benzene rings is 1. The van der Waals surface area contributed by atoms with Crippen LogP contribution in [-0.4, -0.2) is 35.1 Å². The maximum atomic E-state index is 11.7. The van der Waals surface area contributed by atoms with E-state index in [9.17, 15) is 4.79 Å². The molecule has 0 saturated carbocycles. The number of hydrogen-bond acceptors (Lipinski definition) is 5. The van der Waals surface area contributed by atoms with Gasteiger partial charge in [-0.2, -0.15) is 0 Å². The van der Waals surface area contributed by atoms with Crippen molar-refractivity contribution in [2.75, 3.05) is 14.2 Å². The van der Waals surface area contributed by atoms with Crippen LogP contribution in [0.4, 0.5) is 0 Å². The van der Waals surface area contributed by atoms with Crippen LogP contribution in [0.2, 0.25) is 18.1 Å². The largest absolute Gasteiger partial charge is 0.496 e. The normalized spacial score (nSPS) is 20.8. The second kappa shape index (κ2) is 6.76. The third-order valence-electron chi connectivity index (χ3n) is 5.01. The molecule has 134 valence electrons. The molecule has 0 spiro atoms. The Kier molecular flexibility index (Phi) is 5.30. The van der Waals surface area contributed by atoms with Crippen LogP contribution in [0.1, 0.15) is 38.7 Å². The molecule has 0 saturated heterocycles. The standard InChI is InChI=1S/C18H28O5Si/c1-18(2,3)24(6,7)23-16-8-12(11-19)17-14(21-5)9-13(20-4)10-15(17)22-16/h9-12,16H,8H2,1-7H3. The molecule has 0 aliphatic carbocycles. The van der Waals surface area contributed by atoms with Crippen molar-refractivity contribution in [2.24, 2.45) is 0 Å². The van der Waals surface area contributed by atoms with Gasteiger partial charge in [-0.3, -0.25) is 0 Å². The van der Waals surface area contributed by atoms with Crippen LogP contribution in [0.15, 0.2) is 12.1 Å². The molecule has 24 heavy (non-hydrogen) atoms. The molecule has 0 N–H and O–H groups in total. The van der Waals surface area contributed by atoms with Gasteiger partial charge in [-0.25, -0.2) is 0 Å². The van der Waals surface area contributed by atoms with Crippen LogP contribution in [0.5, 0.6) is 17.2 Å². The zero-order valence-corrected chi connectivity index (χ0v) is 16.6. The van der Waals surface area contributed by atoms with Crippen LogP contribution in [-0.2, 0) is 9.22 Å². The average molecular weight is 353 g/mol. The molecule has 5 nitrogen and oxygen atoms in total. The fourth-order valence-electron chi connectivity index (χ4n) is 2.54. The smallest absolute Gasteiger partial charge is 0.196 e. The molecule has 1 aromatic rings. The Morgan fingerprint density at radius 2 is 1.88 bits per heavy atom. The predicted octanol–water partition coefficient (Wildman–Crippen LogP) is 4.12. The SMILES string of the molecule is COc1cc(OC)c2c(c1)OC(O[Si](C)(C)C(C)(C)C)CC2C=O. The van der Waals surface area contributed by atoms with Gasteiger partial charge in [0.25, 0.3) is 0 Å². The highest BCUT2D eigenvalue weighted by Crippen LogP contribution is 2.46. The number of hydrogen-bond donors (Lipinski definition) is 0. The lowest BCUT2D eigenvalue weighted by Gasteiger charge is -2.41. The van der Waals surface area contributed by atoms with Gasteiger partial charge >= 0.3 is 0 Å². The molecule has 2 unspecified atom stereocenters. The van der Waals surface area contributed by atoms with Gasteiger partial charge < -0.3 is 23.4 Å². The van der Waals surface area contributed by atoms with Crippen molar-refractivity contribution in [1.29, 1.82) is 0 Å². The van der Waals surface area contributed by atoms with E-state index in [1.807, 2.05) is 0 Å². The number of methoxy groups -OCH3 is 2. The summed E-state index contributed by atoms with van der Waals surface area (Å²) >= 11 is 0. The van der Waals surface area contributed by atoms with Crippen molar-refractivity contribution >= 4 is 14.6 Å². The van der Waals surface area contributed by atoms with E-state index in [0.717, 1.165) is 11.8 Å². The van der Waals surface area contributed by atoms with Crippen LogP contribution >= 0.6 is 0 Å². The minimum Gasteiger partial charge on any atom is -0.496 e. The second-order valence-corrected chi connectivity index (χ2v) is 12.4. The molecular weight excluding hydrogens is 324 g/mol. The van der Waals surface area contributed by atoms with Crippen LogP contribution in [0, 0.1) is 0 Å². The molecule has 1 heterocycles. The minimum atomic E-state index is -2.00. The molecule has 1 aromatic carbocycles. The van der Waals surface area contributed by atoms with E-state index in [1.54, 1.807) is 26.4 Å². The van der Waals surface area contributed by atoms with Gasteiger partial charge in [-0.15, -0.1) is 0 Å². The number of fused-ring (bicyclic) bond motifs is 1. The Balaban J connectivity index is 2.37. The van der Waals surface area contributed by atoms with Crippen molar-refractivity contribution < 1.29 is 23.4 Å². The third kappa shape index (κ3) is 3.59. The van der Waals surface area contributed by atoms with Gasteiger partial charge in [-0.1, -0.05) is 20.8 Å². The molecule has 2 atom stereocenters. The van der Waals surface area contributed by atoms with Gasteiger partial charge in [0.1, 0.15) is 23.5 Å². The lowest BCUT2D eigenvalue weighted by molar-refractivity contribution is -0.112. The quantitative estimate of drug-likeness (QED) is 0.589. The summed E-state index contributed by atoms with van der Waals surface area (Å²) in [5.74, 6) is 1.51. The summed E-state index contributed by atoms with van der Waals surface area (Å²) in [6.45, 7) is 10.9. The summed E-state index contributed by atoms with van der Waals surface area (Å²) in [4.78, 5) is 11.7. The Hall–Kier alpha value is -1.53. The number of rotatable bonds is 5. The van der Waals surface area contributed by atoms with Crippen LogP contribution in [0.3, 0.4) is 0 Å². The Morgan fingerprint density at radius 1 is 1.21 bits per heavy atom. The van der Waals surface area contributed by atoms with Crippen molar-refractivity contribution in [2.45, 2.75) is 57.5 Å². The van der Waals surface area contributed by atoms with Crippen molar-refractivity contribution in [3.8, 4) is 17.2 Å². The zero-order chi connectivity index (χ0) is 18.1. The molecule has 0 fully saturated rings. The van der Waals surface area contributed by atoms with Gasteiger partial charge in [0.05, 0.1) is 20.1 Å². The summed E-state index contributed by atoms with van der Waals surface area (Å²) in [5, 5.41) is 0.0688. The molecule has 0 radical (unpaired) electrons. The molecule has 0 bridgehead atoms. The molecular formula is C18H28O5Si. The average Bonchev–Trinajstić information content (AvgIpc) is 2.51. The maximum absolute atomic E-state index is 11.7. The Bertz CT molecular complexity index is 606. The predicted molar refractivity (Wildman–Crippen MR) is 95.7 cm³/mol. The first-order valence-corrected chi connectivity index (χ1v) is 11.1. The van der Waals surface area contributed by atoms with E-state index in [-0.39, 0.29) is 11.0 Å². The van der Waals surface area contributed by atoms with Gasteiger partial charge in [-0.05, 0) is 18.1 Å². The zero-order valence-electron chi connectivity index (χ0n) is 15.6. The van der Waals surface area contributed by atoms with Crippen molar-refractivity contribution in [3.63, 3.8) is 0 Å². The summed E-state index contributed by atoms with van der Waals surface area (Å²) < 4.78 is 23.2. The highest BCUT2D eigenvalue weighted by atomic mass is 28.4. The van der Waals surface area contributed by atoms with Gasteiger partial charge in [0, 0.05) is 24.1 Å². The second-order valence-electron chi connectivity index (χ2n) is 7.65. The van der Waals surface area contributed by atoms with E-state index in [2.05, 4.69) is 33.9 Å². The lowest BCUT2D eigenvalue weighted by Crippen LogP contribution is -2.46. The summed E-state index contributed by atoms with van der Waals surface area (Å²) in [6, 6.07) is 3.56. The van der Waals surface area contributed by atoms with Crippen LogP contribution < -0.4 is 14.2 Å². The Morgan fingerprint density at radius 3 is 2.38 bits per heavy atom. The molecule has 0 aromatic heterocycles. The van der Waals surface area contributed by atoms with E-state index >= 15 is 0 Å². The monoisotopic (exact) mass is 352 g/mol. The van der Waals surface area contributed by atoms with Crippen molar-refractivity contribution in [3.05, 3.63) is 17.7 Å². The number of ether oxygens (including phenoxy) is 3. The number of aldehydes is 1. The van der Waals surface area contributed by atoms with Crippen molar-refractivity contribution in [1.82, 2.24) is 0 Å². The number of carbonyl (C=O) groups excluding carboxylic acids is 1. The highest BCUT2D eigenvalue weighted by Gasteiger charge is 2.42. The van der Waals surface area contributed by atoms with E-state index in [1.165, 1.54) is 0 Å². The Labute approximate surface area is 145 Å². The topological polar surface area (TPSA) is 54.0 Å². The van der Waals surface area contributed by atoms with Gasteiger partial charge in [0.2, 0.25) is 0 Å². The fourth-order valence-corrected chi connectivity index (χ4v) is 3.70. The molecule has 1 aliphatic rings.